The number of ether oxygens (including phenoxy) is 1. The summed E-state index contributed by atoms with van der Waals surface area (Å²) in [5.41, 5.74) is -0.402. The molecule has 1 unspecified atom stereocenters. The number of carbonyl (C=O) groups is 1. The third kappa shape index (κ3) is 3.20. The van der Waals surface area contributed by atoms with Gasteiger partial charge in [-0.3, -0.25) is 4.79 Å². The van der Waals surface area contributed by atoms with Gasteiger partial charge in [-0.1, -0.05) is 12.1 Å². The normalized spacial score (nSPS) is 22.5. The number of carbonyl (C=O) groups excluding carboxylic acids is 1. The Hall–Kier alpha value is -1.69. The van der Waals surface area contributed by atoms with Gasteiger partial charge in [-0.05, 0) is 38.4 Å². The Balaban J connectivity index is 2.12. The zero-order chi connectivity index (χ0) is 13.9. The van der Waals surface area contributed by atoms with Crippen molar-refractivity contribution in [3.63, 3.8) is 0 Å². The van der Waals surface area contributed by atoms with E-state index in [4.69, 9.17) is 0 Å². The predicted octanol–water partition coefficient (Wildman–Crippen LogP) is 2.37. The molecule has 2 rings (SSSR count). The summed E-state index contributed by atoms with van der Waals surface area (Å²) in [7, 11) is 0. The second-order valence-corrected chi connectivity index (χ2v) is 4.69. The highest BCUT2D eigenvalue weighted by molar-refractivity contribution is 5.99. The van der Waals surface area contributed by atoms with E-state index in [1.165, 1.54) is 12.1 Å². The lowest BCUT2D eigenvalue weighted by Crippen LogP contribution is -2.48. The van der Waals surface area contributed by atoms with Crippen molar-refractivity contribution < 1.29 is 18.3 Å². The van der Waals surface area contributed by atoms with Crippen molar-refractivity contribution in [3.05, 3.63) is 24.3 Å². The van der Waals surface area contributed by atoms with E-state index in [1.807, 2.05) is 0 Å². The van der Waals surface area contributed by atoms with E-state index in [2.05, 4.69) is 15.4 Å². The molecule has 0 aromatic heterocycles. The molecule has 1 atom stereocenters. The number of halogens is 2. The maximum atomic E-state index is 12.3. The molecule has 6 heteroatoms. The number of hydrogen-bond acceptors (Lipinski definition) is 3. The van der Waals surface area contributed by atoms with Gasteiger partial charge in [0.15, 0.2) is 0 Å². The molecule has 1 aliphatic rings. The molecule has 1 amide bonds. The van der Waals surface area contributed by atoms with Crippen molar-refractivity contribution in [3.8, 4) is 5.75 Å². The van der Waals surface area contributed by atoms with Crippen LogP contribution in [0.1, 0.15) is 19.8 Å². The molecule has 1 aliphatic heterocycles. The lowest BCUT2D eigenvalue weighted by atomic mass is 9.99. The number of amides is 1. The molecule has 1 aromatic carbocycles. The SMILES string of the molecule is CC1(C(=O)Nc2ccccc2OC(F)F)CCCN1. The maximum Gasteiger partial charge on any atom is 0.387 e. The van der Waals surface area contributed by atoms with Crippen LogP contribution >= 0.6 is 0 Å². The summed E-state index contributed by atoms with van der Waals surface area (Å²) in [4.78, 5) is 12.2. The summed E-state index contributed by atoms with van der Waals surface area (Å²) in [5.74, 6) is -0.275. The Morgan fingerprint density at radius 3 is 2.84 bits per heavy atom. The molecule has 0 radical (unpaired) electrons. The second kappa shape index (κ2) is 5.52. The molecule has 1 fully saturated rings. The first-order chi connectivity index (χ1) is 9.01. The second-order valence-electron chi connectivity index (χ2n) is 4.69. The van der Waals surface area contributed by atoms with Crippen molar-refractivity contribution in [2.24, 2.45) is 0 Å². The van der Waals surface area contributed by atoms with Crippen molar-refractivity contribution in [1.29, 1.82) is 0 Å². The van der Waals surface area contributed by atoms with E-state index in [0.717, 1.165) is 19.4 Å². The highest BCUT2D eigenvalue weighted by atomic mass is 19.3. The lowest BCUT2D eigenvalue weighted by Gasteiger charge is -2.23. The first-order valence-electron chi connectivity index (χ1n) is 6.11. The van der Waals surface area contributed by atoms with Crippen LogP contribution in [0.4, 0.5) is 14.5 Å². The third-order valence-electron chi connectivity index (χ3n) is 3.22. The smallest absolute Gasteiger partial charge is 0.387 e. The molecule has 0 spiro atoms. The number of hydrogen-bond donors (Lipinski definition) is 2. The van der Waals surface area contributed by atoms with Gasteiger partial charge >= 0.3 is 6.61 Å². The number of rotatable bonds is 4. The maximum absolute atomic E-state index is 12.3. The molecule has 0 aliphatic carbocycles. The number of anilines is 1. The van der Waals surface area contributed by atoms with E-state index < -0.39 is 12.2 Å². The number of nitrogens with one attached hydrogen (secondary N) is 2. The molecular formula is C13H16F2N2O2. The molecule has 1 saturated heterocycles. The summed E-state index contributed by atoms with van der Waals surface area (Å²) in [5, 5.41) is 5.75. The van der Waals surface area contributed by atoms with Crippen LogP contribution in [0.25, 0.3) is 0 Å². The molecule has 2 N–H and O–H groups in total. The Bertz CT molecular complexity index is 460. The quantitative estimate of drug-likeness (QED) is 0.883. The van der Waals surface area contributed by atoms with Gasteiger partial charge in [-0.2, -0.15) is 8.78 Å². The monoisotopic (exact) mass is 270 g/mol. The molecule has 4 nitrogen and oxygen atoms in total. The van der Waals surface area contributed by atoms with Crippen LogP contribution in [0.3, 0.4) is 0 Å². The molecule has 1 aromatic rings. The third-order valence-corrected chi connectivity index (χ3v) is 3.22. The van der Waals surface area contributed by atoms with Crippen LogP contribution in [0.2, 0.25) is 0 Å². The van der Waals surface area contributed by atoms with Crippen LogP contribution in [-0.4, -0.2) is 24.6 Å². The van der Waals surface area contributed by atoms with Gasteiger partial charge in [0.05, 0.1) is 11.2 Å². The van der Waals surface area contributed by atoms with Crippen LogP contribution in [0.15, 0.2) is 24.3 Å². The molecule has 1 heterocycles. The summed E-state index contributed by atoms with van der Waals surface area (Å²) < 4.78 is 28.9. The average Bonchev–Trinajstić information content (AvgIpc) is 2.79. The van der Waals surface area contributed by atoms with Gasteiger partial charge in [0.25, 0.3) is 0 Å². The first-order valence-corrected chi connectivity index (χ1v) is 6.11. The largest absolute Gasteiger partial charge is 0.433 e. The van der Waals surface area contributed by atoms with E-state index in [9.17, 15) is 13.6 Å². The van der Waals surface area contributed by atoms with Crippen LogP contribution < -0.4 is 15.4 Å². The van der Waals surface area contributed by atoms with Gasteiger partial charge in [0.1, 0.15) is 5.75 Å². The van der Waals surface area contributed by atoms with Crippen molar-refractivity contribution in [1.82, 2.24) is 5.32 Å². The Morgan fingerprint density at radius 2 is 2.21 bits per heavy atom. The standard InChI is InChI=1S/C13H16F2N2O2/c1-13(7-4-8-16-13)11(18)17-9-5-2-3-6-10(9)19-12(14)15/h2-3,5-6,12,16H,4,7-8H2,1H3,(H,17,18). The van der Waals surface area contributed by atoms with Gasteiger partial charge in [-0.15, -0.1) is 0 Å². The zero-order valence-corrected chi connectivity index (χ0v) is 10.6. The van der Waals surface area contributed by atoms with E-state index in [0.29, 0.717) is 0 Å². The first kappa shape index (κ1) is 13.7. The summed E-state index contributed by atoms with van der Waals surface area (Å²) in [6.07, 6.45) is 1.63. The van der Waals surface area contributed by atoms with Crippen molar-refractivity contribution in [2.45, 2.75) is 31.9 Å². The Kier molecular flexibility index (Phi) is 3.99. The minimum absolute atomic E-state index is 0.0348. The topological polar surface area (TPSA) is 50.4 Å². The van der Waals surface area contributed by atoms with Crippen molar-refractivity contribution in [2.75, 3.05) is 11.9 Å². The summed E-state index contributed by atoms with van der Waals surface area (Å²) in [6, 6.07) is 6.15. The summed E-state index contributed by atoms with van der Waals surface area (Å²) in [6.45, 7) is -0.344. The molecular weight excluding hydrogens is 254 g/mol. The lowest BCUT2D eigenvalue weighted by molar-refractivity contribution is -0.121. The number of para-hydroxylation sites is 2. The fourth-order valence-corrected chi connectivity index (χ4v) is 2.12. The number of benzene rings is 1. The van der Waals surface area contributed by atoms with E-state index >= 15 is 0 Å². The highest BCUT2D eigenvalue weighted by Gasteiger charge is 2.36. The van der Waals surface area contributed by atoms with Gasteiger partial charge in [-0.25, -0.2) is 0 Å². The Morgan fingerprint density at radius 1 is 1.47 bits per heavy atom. The minimum atomic E-state index is -2.92. The molecule has 104 valence electrons. The van der Waals surface area contributed by atoms with E-state index in [1.54, 1.807) is 19.1 Å². The fourth-order valence-electron chi connectivity index (χ4n) is 2.12. The highest BCUT2D eigenvalue weighted by Crippen LogP contribution is 2.28. The molecule has 0 bridgehead atoms. The van der Waals surface area contributed by atoms with E-state index in [-0.39, 0.29) is 17.3 Å². The van der Waals surface area contributed by atoms with Crippen LogP contribution in [-0.2, 0) is 4.79 Å². The average molecular weight is 270 g/mol. The molecule has 0 saturated carbocycles. The zero-order valence-electron chi connectivity index (χ0n) is 10.6. The predicted molar refractivity (Wildman–Crippen MR) is 67.3 cm³/mol. The van der Waals surface area contributed by atoms with Gasteiger partial charge < -0.3 is 15.4 Å². The van der Waals surface area contributed by atoms with Crippen LogP contribution in [0, 0.1) is 0 Å². The Labute approximate surface area is 110 Å². The van der Waals surface area contributed by atoms with Gasteiger partial charge in [0, 0.05) is 0 Å². The fraction of sp³-hybridized carbons (Fsp3) is 0.462. The van der Waals surface area contributed by atoms with Crippen molar-refractivity contribution >= 4 is 11.6 Å². The van der Waals surface area contributed by atoms with Gasteiger partial charge in [0.2, 0.25) is 5.91 Å². The molecule has 19 heavy (non-hydrogen) atoms. The number of alkyl halides is 2. The minimum Gasteiger partial charge on any atom is -0.433 e. The van der Waals surface area contributed by atoms with Crippen LogP contribution in [0.5, 0.6) is 5.75 Å². The summed E-state index contributed by atoms with van der Waals surface area (Å²) >= 11 is 0.